The zero-order valence-corrected chi connectivity index (χ0v) is 15.6. The standard InChI is InChI=1S/C18H20N4O2S/c1-5-24-18(23)15-11(2)14-16(20-12(3)21-17(14)25-15)22(4)10-13-8-6-7-9-19-13/h6-9H,5,10H2,1-4H3. The Balaban J connectivity index is 2.06. The first-order valence-electron chi connectivity index (χ1n) is 8.07. The van der Waals surface area contributed by atoms with Gasteiger partial charge in [0.1, 0.15) is 21.3 Å². The zero-order chi connectivity index (χ0) is 18.0. The van der Waals surface area contributed by atoms with Gasteiger partial charge in [0.2, 0.25) is 0 Å². The van der Waals surface area contributed by atoms with Gasteiger partial charge in [-0.2, -0.15) is 0 Å². The van der Waals surface area contributed by atoms with Crippen molar-refractivity contribution in [2.75, 3.05) is 18.6 Å². The first-order valence-corrected chi connectivity index (χ1v) is 8.88. The van der Waals surface area contributed by atoms with Gasteiger partial charge >= 0.3 is 5.97 Å². The summed E-state index contributed by atoms with van der Waals surface area (Å²) in [6, 6.07) is 5.84. The molecule has 0 atom stereocenters. The van der Waals surface area contributed by atoms with Crippen molar-refractivity contribution in [2.24, 2.45) is 0 Å². The lowest BCUT2D eigenvalue weighted by Crippen LogP contribution is -2.19. The van der Waals surface area contributed by atoms with E-state index in [0.29, 0.717) is 23.9 Å². The summed E-state index contributed by atoms with van der Waals surface area (Å²) in [6.07, 6.45) is 1.78. The summed E-state index contributed by atoms with van der Waals surface area (Å²) < 4.78 is 5.16. The SMILES string of the molecule is CCOC(=O)c1sc2nc(C)nc(N(C)Cc3ccccn3)c2c1C. The van der Waals surface area contributed by atoms with Gasteiger partial charge in [0.05, 0.1) is 24.2 Å². The van der Waals surface area contributed by atoms with Crippen molar-refractivity contribution >= 4 is 33.3 Å². The number of anilines is 1. The van der Waals surface area contributed by atoms with Crippen LogP contribution in [0.3, 0.4) is 0 Å². The summed E-state index contributed by atoms with van der Waals surface area (Å²) in [6.45, 7) is 6.55. The van der Waals surface area contributed by atoms with Gasteiger partial charge in [-0.3, -0.25) is 4.98 Å². The molecule has 25 heavy (non-hydrogen) atoms. The van der Waals surface area contributed by atoms with Crippen LogP contribution in [0, 0.1) is 13.8 Å². The van der Waals surface area contributed by atoms with E-state index in [9.17, 15) is 4.79 Å². The van der Waals surface area contributed by atoms with Crippen LogP contribution in [0.15, 0.2) is 24.4 Å². The van der Waals surface area contributed by atoms with Crippen LogP contribution < -0.4 is 4.90 Å². The van der Waals surface area contributed by atoms with Gasteiger partial charge in [0, 0.05) is 13.2 Å². The summed E-state index contributed by atoms with van der Waals surface area (Å²) in [4.78, 5) is 29.1. The fraction of sp³-hybridized carbons (Fsp3) is 0.333. The van der Waals surface area contributed by atoms with E-state index in [1.807, 2.05) is 44.0 Å². The molecule has 3 rings (SSSR count). The first kappa shape index (κ1) is 17.3. The van der Waals surface area contributed by atoms with Gasteiger partial charge in [-0.15, -0.1) is 11.3 Å². The number of ether oxygens (including phenoxy) is 1. The van der Waals surface area contributed by atoms with E-state index in [1.54, 1.807) is 13.1 Å². The van der Waals surface area contributed by atoms with Crippen molar-refractivity contribution in [3.8, 4) is 0 Å². The summed E-state index contributed by atoms with van der Waals surface area (Å²) in [5.74, 6) is 1.17. The highest BCUT2D eigenvalue weighted by Gasteiger charge is 2.22. The Morgan fingerprint density at radius 2 is 2.08 bits per heavy atom. The molecule has 0 amide bonds. The highest BCUT2D eigenvalue weighted by atomic mass is 32.1. The lowest BCUT2D eigenvalue weighted by atomic mass is 10.2. The lowest BCUT2D eigenvalue weighted by molar-refractivity contribution is 0.0531. The van der Waals surface area contributed by atoms with Crippen LogP contribution in [0.25, 0.3) is 10.2 Å². The fourth-order valence-electron chi connectivity index (χ4n) is 2.70. The van der Waals surface area contributed by atoms with E-state index in [2.05, 4.69) is 15.0 Å². The number of thiophene rings is 1. The maximum absolute atomic E-state index is 12.2. The summed E-state index contributed by atoms with van der Waals surface area (Å²) >= 11 is 1.36. The molecule has 0 aliphatic rings. The van der Waals surface area contributed by atoms with Crippen LogP contribution in [0.4, 0.5) is 5.82 Å². The molecule has 3 heterocycles. The predicted molar refractivity (Wildman–Crippen MR) is 99.2 cm³/mol. The second-order valence-corrected chi connectivity index (χ2v) is 6.73. The van der Waals surface area contributed by atoms with Crippen LogP contribution >= 0.6 is 11.3 Å². The second kappa shape index (κ2) is 7.14. The summed E-state index contributed by atoms with van der Waals surface area (Å²) in [7, 11) is 1.97. The molecule has 0 saturated heterocycles. The van der Waals surface area contributed by atoms with Crippen molar-refractivity contribution < 1.29 is 9.53 Å². The molecule has 130 valence electrons. The molecule has 0 aromatic carbocycles. The Hall–Kier alpha value is -2.54. The van der Waals surface area contributed by atoms with Crippen molar-refractivity contribution in [3.05, 3.63) is 46.4 Å². The smallest absolute Gasteiger partial charge is 0.348 e. The Bertz CT molecular complexity index is 908. The van der Waals surface area contributed by atoms with Crippen LogP contribution in [0.1, 0.15) is 33.7 Å². The molecule has 0 spiro atoms. The number of fused-ring (bicyclic) bond motifs is 1. The van der Waals surface area contributed by atoms with Gasteiger partial charge < -0.3 is 9.64 Å². The molecular weight excluding hydrogens is 336 g/mol. The monoisotopic (exact) mass is 356 g/mol. The summed E-state index contributed by atoms with van der Waals surface area (Å²) in [5.41, 5.74) is 1.81. The van der Waals surface area contributed by atoms with E-state index >= 15 is 0 Å². The average molecular weight is 356 g/mol. The Kier molecular flexibility index (Phi) is 4.94. The van der Waals surface area contributed by atoms with Crippen LogP contribution in [-0.2, 0) is 11.3 Å². The normalized spacial score (nSPS) is 10.9. The van der Waals surface area contributed by atoms with Gasteiger partial charge in [0.25, 0.3) is 0 Å². The van der Waals surface area contributed by atoms with E-state index in [1.165, 1.54) is 11.3 Å². The molecule has 0 aliphatic carbocycles. The Morgan fingerprint density at radius 3 is 2.76 bits per heavy atom. The number of aromatic nitrogens is 3. The number of hydrogen-bond donors (Lipinski definition) is 0. The fourth-order valence-corrected chi connectivity index (χ4v) is 3.81. The number of rotatable bonds is 5. The van der Waals surface area contributed by atoms with Crippen molar-refractivity contribution in [1.29, 1.82) is 0 Å². The Labute approximate surface area is 150 Å². The molecule has 0 saturated carbocycles. The molecular formula is C18H20N4O2S. The van der Waals surface area contributed by atoms with Gasteiger partial charge in [-0.1, -0.05) is 6.07 Å². The lowest BCUT2D eigenvalue weighted by Gasteiger charge is -2.19. The van der Waals surface area contributed by atoms with Crippen molar-refractivity contribution in [2.45, 2.75) is 27.3 Å². The minimum atomic E-state index is -0.306. The molecule has 3 aromatic rings. The van der Waals surface area contributed by atoms with E-state index in [4.69, 9.17) is 4.74 Å². The highest BCUT2D eigenvalue weighted by Crippen LogP contribution is 2.35. The van der Waals surface area contributed by atoms with Crippen molar-refractivity contribution in [1.82, 2.24) is 15.0 Å². The third-order valence-electron chi connectivity index (χ3n) is 3.83. The van der Waals surface area contributed by atoms with Crippen molar-refractivity contribution in [3.63, 3.8) is 0 Å². The largest absolute Gasteiger partial charge is 0.462 e. The molecule has 7 heteroatoms. The minimum absolute atomic E-state index is 0.306. The highest BCUT2D eigenvalue weighted by molar-refractivity contribution is 7.20. The van der Waals surface area contributed by atoms with E-state index in [-0.39, 0.29) is 5.97 Å². The van der Waals surface area contributed by atoms with Gasteiger partial charge in [-0.25, -0.2) is 14.8 Å². The average Bonchev–Trinajstić information content (AvgIpc) is 2.92. The van der Waals surface area contributed by atoms with Crippen LogP contribution in [0.5, 0.6) is 0 Å². The quantitative estimate of drug-likeness (QED) is 0.652. The number of carbonyl (C=O) groups excluding carboxylic acids is 1. The third-order valence-corrected chi connectivity index (χ3v) is 5.00. The number of esters is 1. The maximum atomic E-state index is 12.2. The van der Waals surface area contributed by atoms with E-state index in [0.717, 1.165) is 27.3 Å². The topological polar surface area (TPSA) is 68.2 Å². The number of pyridine rings is 1. The molecule has 0 unspecified atom stereocenters. The number of nitrogens with zero attached hydrogens (tertiary/aromatic N) is 4. The number of carbonyl (C=O) groups is 1. The molecule has 0 N–H and O–H groups in total. The van der Waals surface area contributed by atoms with Gasteiger partial charge in [-0.05, 0) is 38.5 Å². The molecule has 0 bridgehead atoms. The first-order chi connectivity index (χ1) is 12.0. The third kappa shape index (κ3) is 3.46. The Morgan fingerprint density at radius 1 is 1.28 bits per heavy atom. The van der Waals surface area contributed by atoms with Crippen LogP contribution in [-0.4, -0.2) is 34.6 Å². The zero-order valence-electron chi connectivity index (χ0n) is 14.7. The molecule has 0 radical (unpaired) electrons. The second-order valence-electron chi connectivity index (χ2n) is 5.73. The summed E-state index contributed by atoms with van der Waals surface area (Å²) in [5, 5.41) is 0.900. The predicted octanol–water partition coefficient (Wildman–Crippen LogP) is 3.52. The molecule has 3 aromatic heterocycles. The van der Waals surface area contributed by atoms with E-state index < -0.39 is 0 Å². The van der Waals surface area contributed by atoms with Gasteiger partial charge in [0.15, 0.2) is 0 Å². The molecule has 0 fully saturated rings. The number of hydrogen-bond acceptors (Lipinski definition) is 7. The minimum Gasteiger partial charge on any atom is -0.462 e. The molecule has 6 nitrogen and oxygen atoms in total. The maximum Gasteiger partial charge on any atom is 0.348 e. The molecule has 0 aliphatic heterocycles. The van der Waals surface area contributed by atoms with Crippen LogP contribution in [0.2, 0.25) is 0 Å². The number of aryl methyl sites for hydroxylation is 2.